The second kappa shape index (κ2) is 11.0. The van der Waals surface area contributed by atoms with E-state index >= 15 is 0 Å². The van der Waals surface area contributed by atoms with Gasteiger partial charge >= 0.3 is 6.98 Å². The van der Waals surface area contributed by atoms with Crippen LogP contribution in [0, 0.1) is 5.92 Å². The molecule has 164 valence electrons. The lowest BCUT2D eigenvalue weighted by Crippen LogP contribution is -2.60. The number of hydrogen-bond acceptors (Lipinski definition) is 6. The summed E-state index contributed by atoms with van der Waals surface area (Å²) in [5, 5.41) is 9.54. The molecule has 0 saturated carbocycles. The van der Waals surface area contributed by atoms with Crippen LogP contribution in [-0.4, -0.2) is 65.7 Å². The Labute approximate surface area is 184 Å². The highest BCUT2D eigenvalue weighted by Crippen LogP contribution is 2.12. The first-order valence-corrected chi connectivity index (χ1v) is 10.8. The lowest BCUT2D eigenvalue weighted by Gasteiger charge is -2.29. The van der Waals surface area contributed by atoms with E-state index < -0.39 is 11.9 Å². The van der Waals surface area contributed by atoms with Crippen LogP contribution in [0.4, 0.5) is 0 Å². The lowest BCUT2D eigenvalue weighted by atomic mass is 9.64. The molecule has 3 N–H and O–H groups in total. The number of nitrogens with zero attached hydrogens (tertiary/aromatic N) is 3. The van der Waals surface area contributed by atoms with Crippen molar-refractivity contribution in [1.29, 1.82) is 0 Å². The molecule has 2 heterocycles. The van der Waals surface area contributed by atoms with E-state index in [-0.39, 0.29) is 24.5 Å². The first-order valence-electron chi connectivity index (χ1n) is 10.8. The molecule has 31 heavy (non-hydrogen) atoms. The molecule has 2 atom stereocenters. The molecule has 1 saturated heterocycles. The SMILES string of the molecule is CC(C)C[C@H](NC(=O)[C@H](Cc1ccccc1)NC(=O)c1cnccn1)B1NCCN1C. The molecule has 0 unspecified atom stereocenters. The number of carbonyl (C=O) groups excluding carboxylic acids is 2. The Morgan fingerprint density at radius 2 is 1.97 bits per heavy atom. The number of rotatable bonds is 9. The fourth-order valence-corrected chi connectivity index (χ4v) is 3.90. The van der Waals surface area contributed by atoms with Crippen molar-refractivity contribution in [3.8, 4) is 0 Å². The van der Waals surface area contributed by atoms with E-state index in [9.17, 15) is 9.59 Å². The summed E-state index contributed by atoms with van der Waals surface area (Å²) in [6.45, 7) is 6.19. The molecule has 9 heteroatoms. The maximum absolute atomic E-state index is 13.4. The Hall–Kier alpha value is -2.78. The monoisotopic (exact) mass is 422 g/mol. The number of likely N-dealkylation sites (N-methyl/N-ethyl adjacent to an activating group) is 1. The van der Waals surface area contributed by atoms with Crippen LogP contribution < -0.4 is 15.9 Å². The second-order valence-corrected chi connectivity index (χ2v) is 8.43. The normalized spacial score (nSPS) is 16.2. The second-order valence-electron chi connectivity index (χ2n) is 8.43. The summed E-state index contributed by atoms with van der Waals surface area (Å²) < 4.78 is 0. The topological polar surface area (TPSA) is 99.2 Å². The zero-order valence-corrected chi connectivity index (χ0v) is 18.4. The average Bonchev–Trinajstić information content (AvgIpc) is 3.19. The van der Waals surface area contributed by atoms with Crippen molar-refractivity contribution in [3.63, 3.8) is 0 Å². The highest BCUT2D eigenvalue weighted by molar-refractivity contribution is 6.55. The largest absolute Gasteiger partial charge is 0.356 e. The van der Waals surface area contributed by atoms with Crippen LogP contribution in [0.15, 0.2) is 48.9 Å². The van der Waals surface area contributed by atoms with Gasteiger partial charge in [0.05, 0.1) is 6.20 Å². The number of amides is 2. The minimum atomic E-state index is -0.724. The summed E-state index contributed by atoms with van der Waals surface area (Å²) >= 11 is 0. The van der Waals surface area contributed by atoms with Crippen molar-refractivity contribution in [1.82, 2.24) is 30.6 Å². The van der Waals surface area contributed by atoms with Gasteiger partial charge in [-0.1, -0.05) is 44.2 Å². The summed E-state index contributed by atoms with van der Waals surface area (Å²) in [5.74, 6) is -0.260. The van der Waals surface area contributed by atoms with Gasteiger partial charge in [-0.2, -0.15) is 0 Å². The van der Waals surface area contributed by atoms with Crippen LogP contribution in [0.1, 0.15) is 36.3 Å². The maximum atomic E-state index is 13.4. The molecule has 8 nitrogen and oxygen atoms in total. The fraction of sp³-hybridized carbons (Fsp3) is 0.455. The van der Waals surface area contributed by atoms with E-state index in [0.29, 0.717) is 12.3 Å². The predicted octanol–water partition coefficient (Wildman–Crippen LogP) is 0.911. The van der Waals surface area contributed by atoms with Crippen molar-refractivity contribution < 1.29 is 9.59 Å². The third-order valence-electron chi connectivity index (χ3n) is 5.43. The number of aromatic nitrogens is 2. The molecular weight excluding hydrogens is 391 g/mol. The molecule has 0 spiro atoms. The zero-order valence-electron chi connectivity index (χ0n) is 18.4. The number of carbonyl (C=O) groups is 2. The van der Waals surface area contributed by atoms with Gasteiger partial charge in [0.1, 0.15) is 11.7 Å². The molecule has 0 bridgehead atoms. The molecule has 0 radical (unpaired) electrons. The zero-order chi connectivity index (χ0) is 22.2. The van der Waals surface area contributed by atoms with Gasteiger partial charge in [0.2, 0.25) is 5.91 Å². The Kier molecular flexibility index (Phi) is 8.14. The number of nitrogens with one attached hydrogen (secondary N) is 3. The van der Waals surface area contributed by atoms with Gasteiger partial charge < -0.3 is 20.7 Å². The van der Waals surface area contributed by atoms with Gasteiger partial charge in [-0.3, -0.25) is 14.6 Å². The summed E-state index contributed by atoms with van der Waals surface area (Å²) in [6, 6.07) is 8.95. The molecule has 1 aliphatic rings. The third-order valence-corrected chi connectivity index (χ3v) is 5.43. The Morgan fingerprint density at radius 1 is 1.19 bits per heavy atom. The van der Waals surface area contributed by atoms with Gasteiger partial charge in [-0.15, -0.1) is 0 Å². The van der Waals surface area contributed by atoms with E-state index in [4.69, 9.17) is 0 Å². The van der Waals surface area contributed by atoms with Crippen molar-refractivity contribution in [2.24, 2.45) is 5.92 Å². The summed E-state index contributed by atoms with van der Waals surface area (Å²) in [7, 11) is 2.06. The van der Waals surface area contributed by atoms with Crippen LogP contribution >= 0.6 is 0 Å². The van der Waals surface area contributed by atoms with Crippen molar-refractivity contribution in [2.45, 2.75) is 38.7 Å². The van der Waals surface area contributed by atoms with Crippen molar-refractivity contribution in [3.05, 3.63) is 60.2 Å². The van der Waals surface area contributed by atoms with E-state index in [1.54, 1.807) is 0 Å². The Morgan fingerprint density at radius 3 is 2.58 bits per heavy atom. The number of benzene rings is 1. The summed E-state index contributed by atoms with van der Waals surface area (Å²) in [4.78, 5) is 36.3. The molecule has 2 aromatic rings. The van der Waals surface area contributed by atoms with Crippen molar-refractivity contribution >= 4 is 18.8 Å². The molecule has 1 aliphatic heterocycles. The Balaban J connectivity index is 1.77. The minimum absolute atomic E-state index is 0.0632. The average molecular weight is 422 g/mol. The van der Waals surface area contributed by atoms with E-state index in [2.05, 4.69) is 51.5 Å². The summed E-state index contributed by atoms with van der Waals surface area (Å²) in [5.41, 5.74) is 1.16. The van der Waals surface area contributed by atoms with Crippen LogP contribution in [0.25, 0.3) is 0 Å². The van der Waals surface area contributed by atoms with E-state index in [0.717, 1.165) is 25.1 Å². The standard InChI is InChI=1S/C22H31BN6O2/c1-16(2)13-20(23-26-11-12-29(23)3)28-21(30)18(14-17-7-5-4-6-8-17)27-22(31)19-15-24-9-10-25-19/h4-10,15-16,18,20,26H,11-14H2,1-3H3,(H,27,31)(H,28,30)/t18-,20-/m0/s1. The third kappa shape index (κ3) is 6.60. The van der Waals surface area contributed by atoms with E-state index in [1.165, 1.54) is 18.6 Å². The quantitative estimate of drug-likeness (QED) is 0.520. The van der Waals surface area contributed by atoms with Gasteiger partial charge in [0, 0.05) is 24.8 Å². The molecule has 3 rings (SSSR count). The highest BCUT2D eigenvalue weighted by atomic mass is 16.2. The fourth-order valence-electron chi connectivity index (χ4n) is 3.90. The van der Waals surface area contributed by atoms with Crippen LogP contribution in [0.2, 0.25) is 0 Å². The predicted molar refractivity (Wildman–Crippen MR) is 121 cm³/mol. The van der Waals surface area contributed by atoms with Crippen LogP contribution in [-0.2, 0) is 11.2 Å². The first kappa shape index (κ1) is 22.9. The molecule has 0 aliphatic carbocycles. The van der Waals surface area contributed by atoms with Gasteiger partial charge in [-0.05, 0) is 38.0 Å². The molecule has 1 fully saturated rings. The molecular formula is C22H31BN6O2. The van der Waals surface area contributed by atoms with E-state index in [1.807, 2.05) is 30.3 Å². The van der Waals surface area contributed by atoms with Crippen LogP contribution in [0.3, 0.4) is 0 Å². The smallest absolute Gasteiger partial charge is 0.331 e. The van der Waals surface area contributed by atoms with Gasteiger partial charge in [0.15, 0.2) is 0 Å². The lowest BCUT2D eigenvalue weighted by molar-refractivity contribution is -0.123. The molecule has 1 aromatic carbocycles. The highest BCUT2D eigenvalue weighted by Gasteiger charge is 2.36. The maximum Gasteiger partial charge on any atom is 0.331 e. The minimum Gasteiger partial charge on any atom is -0.356 e. The molecule has 2 amide bonds. The van der Waals surface area contributed by atoms with Crippen LogP contribution in [0.5, 0.6) is 0 Å². The van der Waals surface area contributed by atoms with Gasteiger partial charge in [-0.25, -0.2) is 4.98 Å². The summed E-state index contributed by atoms with van der Waals surface area (Å²) in [6.07, 6.45) is 5.59. The van der Waals surface area contributed by atoms with Crippen molar-refractivity contribution in [2.75, 3.05) is 20.1 Å². The first-order chi connectivity index (χ1) is 14.9. The van der Waals surface area contributed by atoms with Gasteiger partial charge in [0.25, 0.3) is 5.91 Å². The Bertz CT molecular complexity index is 852. The molecule has 1 aromatic heterocycles. The number of hydrogen-bond donors (Lipinski definition) is 3.